The van der Waals surface area contributed by atoms with Gasteiger partial charge in [0.2, 0.25) is 5.03 Å². The van der Waals surface area contributed by atoms with E-state index in [-0.39, 0.29) is 11.2 Å². The Kier molecular flexibility index (Phi) is 6.71. The normalized spacial score (nSPS) is 14.4. The lowest BCUT2D eigenvalue weighted by molar-refractivity contribution is 0.0824. The number of fused-ring (bicyclic) bond motifs is 1. The van der Waals surface area contributed by atoms with Gasteiger partial charge in [-0.25, -0.2) is 27.6 Å². The van der Waals surface area contributed by atoms with Crippen molar-refractivity contribution in [1.82, 2.24) is 29.8 Å². The van der Waals surface area contributed by atoms with Crippen molar-refractivity contribution in [2.45, 2.75) is 17.9 Å². The minimum absolute atomic E-state index is 0.0984. The molecule has 2 aromatic carbocycles. The quantitative estimate of drug-likeness (QED) is 0.379. The molecule has 9 nitrogen and oxygen atoms in total. The molecule has 0 spiro atoms. The first-order valence-electron chi connectivity index (χ1n) is 11.2. The first-order chi connectivity index (χ1) is 17.3. The molecule has 1 saturated heterocycles. The maximum absolute atomic E-state index is 13.4. The lowest BCUT2D eigenvalue weighted by Crippen LogP contribution is -2.40. The van der Waals surface area contributed by atoms with Gasteiger partial charge in [0.05, 0.1) is 5.69 Å². The lowest BCUT2D eigenvalue weighted by Gasteiger charge is -2.16. The Morgan fingerprint density at radius 1 is 1.00 bits per heavy atom. The molecule has 0 aliphatic carbocycles. The van der Waals surface area contributed by atoms with E-state index in [1.165, 1.54) is 11.6 Å². The molecule has 0 saturated carbocycles. The number of hydrazine groups is 1. The molecular formula is C24H22Cl2N6O3S. The maximum atomic E-state index is 13.4. The van der Waals surface area contributed by atoms with Gasteiger partial charge in [0.15, 0.2) is 5.65 Å². The average molecular weight is 545 g/mol. The molecule has 1 amide bonds. The molecule has 0 unspecified atom stereocenters. The van der Waals surface area contributed by atoms with Crippen LogP contribution in [-0.2, 0) is 10.0 Å². The number of carbonyl (C=O) groups is 1. The molecule has 4 aromatic rings. The number of aromatic nitrogens is 3. The number of hydrogen-bond acceptors (Lipinski definition) is 6. The summed E-state index contributed by atoms with van der Waals surface area (Å²) in [6.07, 6.45) is 3.46. The van der Waals surface area contributed by atoms with Crippen LogP contribution in [-0.4, -0.2) is 54.1 Å². The van der Waals surface area contributed by atoms with Crippen molar-refractivity contribution in [2.75, 3.05) is 20.1 Å². The number of amides is 1. The summed E-state index contributed by atoms with van der Waals surface area (Å²) in [5.74, 6) is -0.597. The van der Waals surface area contributed by atoms with Gasteiger partial charge < -0.3 is 0 Å². The van der Waals surface area contributed by atoms with Crippen LogP contribution in [0, 0.1) is 0 Å². The third kappa shape index (κ3) is 4.46. The van der Waals surface area contributed by atoms with E-state index in [4.69, 9.17) is 23.2 Å². The van der Waals surface area contributed by atoms with Crippen molar-refractivity contribution in [3.8, 4) is 22.4 Å². The van der Waals surface area contributed by atoms with Crippen molar-refractivity contribution in [1.29, 1.82) is 0 Å². The van der Waals surface area contributed by atoms with Gasteiger partial charge >= 0.3 is 0 Å². The van der Waals surface area contributed by atoms with Gasteiger partial charge in [-0.05, 0) is 38.1 Å². The first kappa shape index (κ1) is 24.7. The number of nitrogens with zero attached hydrogens (tertiary/aromatic N) is 4. The van der Waals surface area contributed by atoms with Crippen molar-refractivity contribution in [2.24, 2.45) is 0 Å². The fourth-order valence-corrected chi connectivity index (χ4v) is 5.44. The van der Waals surface area contributed by atoms with E-state index in [0.717, 1.165) is 12.8 Å². The number of benzene rings is 2. The number of hydrogen-bond donors (Lipinski definition) is 2. The molecule has 0 bridgehead atoms. The SMILES string of the molecule is CNS(=O)(=O)c1nn2c(-c3ccc(Cl)cc3)c(-c3ccccc3Cl)cnc2c1C(=O)NN1CCCC1. The Morgan fingerprint density at radius 2 is 1.69 bits per heavy atom. The molecule has 3 heterocycles. The minimum Gasteiger partial charge on any atom is -0.285 e. The van der Waals surface area contributed by atoms with Crippen LogP contribution in [0.4, 0.5) is 0 Å². The van der Waals surface area contributed by atoms with Crippen molar-refractivity contribution in [3.05, 3.63) is 70.3 Å². The van der Waals surface area contributed by atoms with Crippen LogP contribution >= 0.6 is 23.2 Å². The van der Waals surface area contributed by atoms with Gasteiger partial charge in [0.1, 0.15) is 5.56 Å². The molecule has 1 aliphatic heterocycles. The number of sulfonamides is 1. The van der Waals surface area contributed by atoms with Crippen molar-refractivity contribution >= 4 is 44.8 Å². The zero-order chi connectivity index (χ0) is 25.4. The van der Waals surface area contributed by atoms with Crippen LogP contribution in [0.15, 0.2) is 59.8 Å². The molecule has 2 N–H and O–H groups in total. The summed E-state index contributed by atoms with van der Waals surface area (Å²) in [7, 11) is -2.84. The van der Waals surface area contributed by atoms with E-state index < -0.39 is 21.0 Å². The third-order valence-corrected chi connectivity index (χ3v) is 7.92. The highest BCUT2D eigenvalue weighted by Gasteiger charge is 2.32. The monoisotopic (exact) mass is 544 g/mol. The maximum Gasteiger partial charge on any atom is 0.272 e. The second-order valence-electron chi connectivity index (χ2n) is 8.27. The second-order valence-corrected chi connectivity index (χ2v) is 10.9. The van der Waals surface area contributed by atoms with Crippen molar-refractivity contribution in [3.63, 3.8) is 0 Å². The zero-order valence-electron chi connectivity index (χ0n) is 19.2. The van der Waals surface area contributed by atoms with E-state index in [0.29, 0.717) is 45.5 Å². The molecule has 1 aliphatic rings. The Bertz CT molecular complexity index is 1570. The lowest BCUT2D eigenvalue weighted by atomic mass is 10.0. The summed E-state index contributed by atoms with van der Waals surface area (Å²) in [5, 5.41) is 6.78. The summed E-state index contributed by atoms with van der Waals surface area (Å²) < 4.78 is 29.6. The highest BCUT2D eigenvalue weighted by Crippen LogP contribution is 2.37. The van der Waals surface area contributed by atoms with E-state index in [1.54, 1.807) is 41.5 Å². The highest BCUT2D eigenvalue weighted by atomic mass is 35.5. The predicted molar refractivity (Wildman–Crippen MR) is 138 cm³/mol. The molecule has 1 fully saturated rings. The smallest absolute Gasteiger partial charge is 0.272 e. The highest BCUT2D eigenvalue weighted by molar-refractivity contribution is 7.89. The molecular weight excluding hydrogens is 523 g/mol. The largest absolute Gasteiger partial charge is 0.285 e. The number of halogens is 2. The fourth-order valence-electron chi connectivity index (χ4n) is 4.24. The Hall–Kier alpha value is -3.02. The molecule has 0 atom stereocenters. The summed E-state index contributed by atoms with van der Waals surface area (Å²) in [6.45, 7) is 1.36. The summed E-state index contributed by atoms with van der Waals surface area (Å²) in [6, 6.07) is 14.2. The van der Waals surface area contributed by atoms with Crippen LogP contribution < -0.4 is 10.1 Å². The molecule has 36 heavy (non-hydrogen) atoms. The molecule has 12 heteroatoms. The van der Waals surface area contributed by atoms with Crippen LogP contribution in [0.3, 0.4) is 0 Å². The molecule has 186 valence electrons. The van der Waals surface area contributed by atoms with Gasteiger partial charge in [-0.2, -0.15) is 5.10 Å². The van der Waals surface area contributed by atoms with E-state index in [2.05, 4.69) is 20.2 Å². The summed E-state index contributed by atoms with van der Waals surface area (Å²) in [4.78, 5) is 17.9. The summed E-state index contributed by atoms with van der Waals surface area (Å²) in [5.41, 5.74) is 5.24. The summed E-state index contributed by atoms with van der Waals surface area (Å²) >= 11 is 12.6. The molecule has 0 radical (unpaired) electrons. The van der Waals surface area contributed by atoms with Crippen molar-refractivity contribution < 1.29 is 13.2 Å². The van der Waals surface area contributed by atoms with Gasteiger partial charge in [0, 0.05) is 46.0 Å². The number of nitrogens with one attached hydrogen (secondary N) is 2. The topological polar surface area (TPSA) is 109 Å². The van der Waals surface area contributed by atoms with E-state index in [1.807, 2.05) is 18.2 Å². The van der Waals surface area contributed by atoms with Crippen LogP contribution in [0.25, 0.3) is 28.0 Å². The zero-order valence-corrected chi connectivity index (χ0v) is 21.5. The van der Waals surface area contributed by atoms with Crippen LogP contribution in [0.1, 0.15) is 23.2 Å². The number of rotatable bonds is 6. The third-order valence-electron chi connectivity index (χ3n) is 6.01. The van der Waals surface area contributed by atoms with Gasteiger partial charge in [-0.15, -0.1) is 0 Å². The van der Waals surface area contributed by atoms with Gasteiger partial charge in [-0.1, -0.05) is 53.5 Å². The standard InChI is InChI=1S/C24H22Cl2N6O3S/c1-27-36(34,35)24-20(23(33)29-31-12-4-5-13-31)22-28-14-18(17-6-2-3-7-19(17)26)21(32(22)30-24)15-8-10-16(25)11-9-15/h2-3,6-11,14,27H,4-5,12-13H2,1H3,(H,29,33). The minimum atomic E-state index is -4.11. The Morgan fingerprint density at radius 3 is 2.36 bits per heavy atom. The number of carbonyl (C=O) groups excluding carboxylic acids is 1. The van der Waals surface area contributed by atoms with Crippen LogP contribution in [0.2, 0.25) is 10.0 Å². The van der Waals surface area contributed by atoms with E-state index in [9.17, 15) is 13.2 Å². The van der Waals surface area contributed by atoms with Crippen LogP contribution in [0.5, 0.6) is 0 Å². The van der Waals surface area contributed by atoms with Gasteiger partial charge in [-0.3, -0.25) is 10.2 Å². The first-order valence-corrected chi connectivity index (χ1v) is 13.5. The second kappa shape index (κ2) is 9.79. The van der Waals surface area contributed by atoms with E-state index >= 15 is 0 Å². The predicted octanol–water partition coefficient (Wildman–Crippen LogP) is 4.02. The van der Waals surface area contributed by atoms with Gasteiger partial charge in [0.25, 0.3) is 15.9 Å². The molecule has 5 rings (SSSR count). The Balaban J connectivity index is 1.82. The fraction of sp³-hybridized carbons (Fsp3) is 0.208. The Labute approximate surface area is 218 Å². The molecule has 2 aromatic heterocycles. The average Bonchev–Trinajstić information content (AvgIpc) is 3.52.